The fraction of sp³-hybridized carbons (Fsp3) is 0.462. The van der Waals surface area contributed by atoms with Gasteiger partial charge in [-0.15, -0.1) is 0 Å². The van der Waals surface area contributed by atoms with E-state index in [0.29, 0.717) is 38.3 Å². The molecule has 0 aliphatic carbocycles. The second kappa shape index (κ2) is 6.08. The lowest BCUT2D eigenvalue weighted by atomic mass is 10.1. The molecule has 1 saturated heterocycles. The van der Waals surface area contributed by atoms with Crippen molar-refractivity contribution < 1.29 is 22.7 Å². The van der Waals surface area contributed by atoms with Gasteiger partial charge in [-0.05, 0) is 17.7 Å². The van der Waals surface area contributed by atoms with Gasteiger partial charge in [0.15, 0.2) is 0 Å². The lowest BCUT2D eigenvalue weighted by Gasteiger charge is -2.33. The van der Waals surface area contributed by atoms with Gasteiger partial charge in [-0.3, -0.25) is 4.90 Å². The Kier molecular flexibility index (Phi) is 4.60. The summed E-state index contributed by atoms with van der Waals surface area (Å²) in [6.07, 6.45) is 1.17. The Morgan fingerprint density at radius 1 is 1.29 bits per heavy atom. The van der Waals surface area contributed by atoms with E-state index in [2.05, 4.69) is 0 Å². The first-order valence-corrected chi connectivity index (χ1v) is 8.31. The van der Waals surface area contributed by atoms with Crippen molar-refractivity contribution in [1.29, 1.82) is 0 Å². The van der Waals surface area contributed by atoms with Gasteiger partial charge in [-0.25, -0.2) is 17.6 Å². The summed E-state index contributed by atoms with van der Waals surface area (Å²) in [5.41, 5.74) is 0.470. The van der Waals surface area contributed by atoms with Gasteiger partial charge in [-0.2, -0.15) is 4.31 Å². The van der Waals surface area contributed by atoms with Crippen LogP contribution in [0.4, 0.5) is 4.39 Å². The van der Waals surface area contributed by atoms with E-state index in [9.17, 15) is 17.6 Å². The van der Waals surface area contributed by atoms with Crippen molar-refractivity contribution in [2.45, 2.75) is 6.54 Å². The average Bonchev–Trinajstić information content (AvgIpc) is 2.40. The number of piperazine rings is 1. The second-order valence-electron chi connectivity index (χ2n) is 5.04. The number of hydrogen-bond donors (Lipinski definition) is 1. The molecule has 0 bridgehead atoms. The van der Waals surface area contributed by atoms with Gasteiger partial charge >= 0.3 is 5.97 Å². The Hall–Kier alpha value is -1.51. The largest absolute Gasteiger partial charge is 0.478 e. The number of carboxylic acids is 1. The molecule has 1 heterocycles. The van der Waals surface area contributed by atoms with Gasteiger partial charge in [-0.1, -0.05) is 6.07 Å². The van der Waals surface area contributed by atoms with Gasteiger partial charge in [0.1, 0.15) is 5.82 Å². The molecule has 2 rings (SSSR count). The van der Waals surface area contributed by atoms with Gasteiger partial charge in [0.2, 0.25) is 10.0 Å². The third-order valence-corrected chi connectivity index (χ3v) is 4.80. The van der Waals surface area contributed by atoms with E-state index in [1.807, 2.05) is 4.90 Å². The molecule has 8 heteroatoms. The number of halogens is 1. The molecule has 0 unspecified atom stereocenters. The molecule has 1 aromatic carbocycles. The third-order valence-electron chi connectivity index (χ3n) is 3.50. The summed E-state index contributed by atoms with van der Waals surface area (Å²) in [5, 5.41) is 9.10. The van der Waals surface area contributed by atoms with E-state index in [0.717, 1.165) is 6.07 Å². The van der Waals surface area contributed by atoms with E-state index in [1.165, 1.54) is 22.7 Å². The first kappa shape index (κ1) is 15.9. The standard InChI is InChI=1S/C13H17FN2O4S/c1-21(19,20)16-6-4-15(5-7-16)9-10-2-3-11(14)8-12(10)13(17)18/h2-3,8H,4-7,9H2,1H3,(H,17,18). The number of nitrogens with zero attached hydrogens (tertiary/aromatic N) is 2. The summed E-state index contributed by atoms with van der Waals surface area (Å²) in [6, 6.07) is 3.70. The quantitative estimate of drug-likeness (QED) is 0.880. The minimum absolute atomic E-state index is 0.0551. The van der Waals surface area contributed by atoms with Crippen LogP contribution < -0.4 is 0 Å². The van der Waals surface area contributed by atoms with Crippen LogP contribution in [-0.2, 0) is 16.6 Å². The molecule has 0 spiro atoms. The predicted octanol–water partition coefficient (Wildman–Crippen LogP) is 0.601. The molecule has 0 saturated carbocycles. The highest BCUT2D eigenvalue weighted by molar-refractivity contribution is 7.88. The Labute approximate surface area is 122 Å². The van der Waals surface area contributed by atoms with Crippen LogP contribution in [0.25, 0.3) is 0 Å². The van der Waals surface area contributed by atoms with Gasteiger partial charge in [0, 0.05) is 32.7 Å². The van der Waals surface area contributed by atoms with Crippen molar-refractivity contribution in [3.63, 3.8) is 0 Å². The molecule has 116 valence electrons. The zero-order valence-electron chi connectivity index (χ0n) is 11.6. The van der Waals surface area contributed by atoms with Crippen LogP contribution in [0.1, 0.15) is 15.9 Å². The maximum Gasteiger partial charge on any atom is 0.336 e. The molecule has 1 fully saturated rings. The van der Waals surface area contributed by atoms with E-state index in [-0.39, 0.29) is 5.56 Å². The van der Waals surface area contributed by atoms with Gasteiger partial charge in [0.05, 0.1) is 11.8 Å². The van der Waals surface area contributed by atoms with Crippen molar-refractivity contribution in [3.05, 3.63) is 35.1 Å². The van der Waals surface area contributed by atoms with Crippen molar-refractivity contribution in [1.82, 2.24) is 9.21 Å². The van der Waals surface area contributed by atoms with Crippen molar-refractivity contribution in [2.24, 2.45) is 0 Å². The number of benzene rings is 1. The minimum atomic E-state index is -3.19. The second-order valence-corrected chi connectivity index (χ2v) is 7.03. The molecule has 1 aliphatic rings. The fourth-order valence-electron chi connectivity index (χ4n) is 2.35. The average molecular weight is 316 g/mol. The number of carboxylic acid groups (broad SMARTS) is 1. The molecular weight excluding hydrogens is 299 g/mol. The van der Waals surface area contributed by atoms with Crippen LogP contribution in [0.3, 0.4) is 0 Å². The Morgan fingerprint density at radius 3 is 2.43 bits per heavy atom. The molecule has 1 aromatic rings. The van der Waals surface area contributed by atoms with Crippen LogP contribution in [-0.4, -0.2) is 61.1 Å². The van der Waals surface area contributed by atoms with Crippen molar-refractivity contribution in [2.75, 3.05) is 32.4 Å². The van der Waals surface area contributed by atoms with Crippen LogP contribution in [0.5, 0.6) is 0 Å². The summed E-state index contributed by atoms with van der Waals surface area (Å²) in [4.78, 5) is 13.1. The Morgan fingerprint density at radius 2 is 1.90 bits per heavy atom. The molecule has 1 aliphatic heterocycles. The summed E-state index contributed by atoms with van der Waals surface area (Å²) in [7, 11) is -3.19. The zero-order chi connectivity index (χ0) is 15.6. The molecule has 6 nitrogen and oxygen atoms in total. The first-order valence-electron chi connectivity index (χ1n) is 6.46. The molecule has 21 heavy (non-hydrogen) atoms. The minimum Gasteiger partial charge on any atom is -0.478 e. The highest BCUT2D eigenvalue weighted by Crippen LogP contribution is 2.16. The predicted molar refractivity (Wildman–Crippen MR) is 75.1 cm³/mol. The van der Waals surface area contributed by atoms with E-state index < -0.39 is 21.8 Å². The lowest BCUT2D eigenvalue weighted by molar-refractivity contribution is 0.0693. The summed E-state index contributed by atoms with van der Waals surface area (Å²) < 4.78 is 37.4. The Balaban J connectivity index is 2.06. The zero-order valence-corrected chi connectivity index (χ0v) is 12.4. The van der Waals surface area contributed by atoms with E-state index in [4.69, 9.17) is 5.11 Å². The number of sulfonamides is 1. The molecular formula is C13H17FN2O4S. The number of aromatic carboxylic acids is 1. The van der Waals surface area contributed by atoms with Crippen LogP contribution in [0.2, 0.25) is 0 Å². The molecule has 0 radical (unpaired) electrons. The summed E-state index contributed by atoms with van der Waals surface area (Å²) in [5.74, 6) is -1.75. The fourth-order valence-corrected chi connectivity index (χ4v) is 3.17. The van der Waals surface area contributed by atoms with Crippen molar-refractivity contribution in [3.8, 4) is 0 Å². The maximum atomic E-state index is 13.1. The molecule has 0 amide bonds. The molecule has 1 N–H and O–H groups in total. The van der Waals surface area contributed by atoms with E-state index >= 15 is 0 Å². The monoisotopic (exact) mass is 316 g/mol. The highest BCUT2D eigenvalue weighted by Gasteiger charge is 2.24. The number of hydrogen-bond acceptors (Lipinski definition) is 4. The molecule has 0 aromatic heterocycles. The topological polar surface area (TPSA) is 77.9 Å². The van der Waals surface area contributed by atoms with Crippen LogP contribution in [0.15, 0.2) is 18.2 Å². The van der Waals surface area contributed by atoms with Crippen LogP contribution in [0, 0.1) is 5.82 Å². The first-order chi connectivity index (χ1) is 9.77. The number of carbonyl (C=O) groups is 1. The lowest BCUT2D eigenvalue weighted by Crippen LogP contribution is -2.47. The van der Waals surface area contributed by atoms with Crippen LogP contribution >= 0.6 is 0 Å². The normalized spacial score (nSPS) is 17.8. The van der Waals surface area contributed by atoms with Crippen molar-refractivity contribution >= 4 is 16.0 Å². The smallest absolute Gasteiger partial charge is 0.336 e. The molecule has 0 atom stereocenters. The van der Waals surface area contributed by atoms with Gasteiger partial charge < -0.3 is 5.11 Å². The van der Waals surface area contributed by atoms with E-state index in [1.54, 1.807) is 0 Å². The summed E-state index contributed by atoms with van der Waals surface area (Å²) >= 11 is 0. The Bertz CT molecular complexity index is 640. The maximum absolute atomic E-state index is 13.1. The van der Waals surface area contributed by atoms with Gasteiger partial charge in [0.25, 0.3) is 0 Å². The number of rotatable bonds is 4. The third kappa shape index (κ3) is 3.99. The SMILES string of the molecule is CS(=O)(=O)N1CCN(Cc2ccc(F)cc2C(=O)O)CC1. The summed E-state index contributed by atoms with van der Waals surface area (Å²) in [6.45, 7) is 2.15. The highest BCUT2D eigenvalue weighted by atomic mass is 32.2.